The van der Waals surface area contributed by atoms with Crippen LogP contribution in [-0.2, 0) is 38.5 Å². The van der Waals surface area contributed by atoms with Gasteiger partial charge in [-0.05, 0) is 273 Å². The topological polar surface area (TPSA) is 77.2 Å². The highest BCUT2D eigenvalue weighted by molar-refractivity contribution is 6.15. The fourth-order valence-corrected chi connectivity index (χ4v) is 17.8. The van der Waals surface area contributed by atoms with Crippen LogP contribution in [0.3, 0.4) is 0 Å². The second kappa shape index (κ2) is 34.9. The van der Waals surface area contributed by atoms with E-state index in [0.717, 1.165) is 27.4 Å². The lowest BCUT2D eigenvalue weighted by Crippen LogP contribution is -2.21. The fraction of sp³-hybridized carbons (Fsp3) is 0.311. The Hall–Kier alpha value is -12.8. The number of fused-ring (bicyclic) bond motifs is 18. The van der Waals surface area contributed by atoms with Crippen molar-refractivity contribution in [1.82, 2.24) is 27.4 Å². The lowest BCUT2D eigenvalue weighted by Gasteiger charge is -2.25. The molecule has 0 unspecified atom stereocenters. The average Bonchev–Trinajstić information content (AvgIpc) is 1.59. The first-order valence-corrected chi connectivity index (χ1v) is 44.8. The Morgan fingerprint density at radius 1 is 0.268 bits per heavy atom. The van der Waals surface area contributed by atoms with Gasteiger partial charge in [-0.15, -0.1) is 6.42 Å². The normalized spacial score (nSPS) is 12.8. The molecule has 0 N–H and O–H groups in total. The lowest BCUT2D eigenvalue weighted by molar-refractivity contribution is 0.423. The molecule has 8 heteroatoms. The third kappa shape index (κ3) is 19.3. The summed E-state index contributed by atoms with van der Waals surface area (Å²) in [4.78, 5) is 0. The van der Waals surface area contributed by atoms with Gasteiger partial charge in [-0.1, -0.05) is 245 Å². The minimum atomic E-state index is -1.81. The molecule has 0 radical (unpaired) electrons. The Morgan fingerprint density at radius 3 is 0.890 bits per heavy atom. The van der Waals surface area contributed by atoms with E-state index in [0.29, 0.717) is 5.56 Å². The van der Waals surface area contributed by atoms with Crippen LogP contribution >= 0.6 is 0 Å². The van der Waals surface area contributed by atoms with E-state index < -0.39 is 12.3 Å². The Kier molecular flexibility index (Phi) is 24.1. The Labute approximate surface area is 759 Å². The minimum Gasteiger partial charge on any atom is -0.335 e. The summed E-state index contributed by atoms with van der Waals surface area (Å²) in [6.07, 6.45) is 5.52. The van der Waals surface area contributed by atoms with E-state index in [1.54, 1.807) is 20.8 Å². The molecule has 0 aliphatic rings. The van der Waals surface area contributed by atoms with Crippen molar-refractivity contribution in [3.05, 3.63) is 307 Å². The quantitative estimate of drug-likeness (QED) is 0.162. The summed E-state index contributed by atoms with van der Waals surface area (Å²) < 4.78 is 35.3. The number of hydrogen-bond donors (Lipinski definition) is 0. The number of benzene rings is 13. The first-order chi connectivity index (χ1) is 60.8. The van der Waals surface area contributed by atoms with Crippen LogP contribution in [0.25, 0.3) is 148 Å². The van der Waals surface area contributed by atoms with Gasteiger partial charge in [0.15, 0.2) is 0 Å². The van der Waals surface area contributed by atoms with Crippen molar-refractivity contribution in [2.24, 2.45) is 10.8 Å². The predicted octanol–water partition coefficient (Wildman–Crippen LogP) is 33.6. The number of terminal acetylenes is 1. The summed E-state index contributed by atoms with van der Waals surface area (Å²) in [6.45, 7) is 56.5. The summed E-state index contributed by atoms with van der Waals surface area (Å²) in [7, 11) is 0. The van der Waals surface area contributed by atoms with Crippen LogP contribution in [0.1, 0.15) is 220 Å². The number of nitrogens with zero attached hydrogens (tertiary/aromatic N) is 8. The Morgan fingerprint density at radius 2 is 0.543 bits per heavy atom. The van der Waals surface area contributed by atoms with Gasteiger partial charge in [0.1, 0.15) is 0 Å². The summed E-state index contributed by atoms with van der Waals surface area (Å²) in [6, 6.07) is 107. The molecule has 0 fully saturated rings. The molecule has 0 aliphatic heterocycles. The molecule has 0 atom stereocenters. The van der Waals surface area contributed by atoms with Gasteiger partial charge in [0, 0.05) is 168 Å². The van der Waals surface area contributed by atoms with Crippen molar-refractivity contribution in [3.63, 3.8) is 0 Å². The Bertz CT molecular complexity index is 7280. The third-order valence-electron chi connectivity index (χ3n) is 23.1. The molecule has 127 heavy (non-hydrogen) atoms. The Balaban J connectivity index is 0.000000135. The van der Waals surface area contributed by atoms with E-state index in [1.807, 2.05) is 51.1 Å². The second-order valence-electron chi connectivity index (χ2n) is 43.0. The molecule has 0 saturated heterocycles. The van der Waals surface area contributed by atoms with Crippen LogP contribution in [0.2, 0.25) is 0 Å². The second-order valence-corrected chi connectivity index (χ2v) is 43.0. The van der Waals surface area contributed by atoms with E-state index in [4.69, 9.17) is 21.1 Å². The van der Waals surface area contributed by atoms with Crippen molar-refractivity contribution in [2.45, 2.75) is 232 Å². The van der Waals surface area contributed by atoms with Gasteiger partial charge in [-0.3, -0.25) is 0 Å². The van der Waals surface area contributed by atoms with E-state index >= 15 is 0 Å². The molecule has 0 bridgehead atoms. The lowest BCUT2D eigenvalue weighted by atomic mass is 9.85. The summed E-state index contributed by atoms with van der Waals surface area (Å²) >= 11 is 0. The van der Waals surface area contributed by atoms with Crippen molar-refractivity contribution in [2.75, 3.05) is 0 Å². The van der Waals surface area contributed by atoms with E-state index in [2.05, 4.69) is 446 Å². The van der Waals surface area contributed by atoms with E-state index in [1.165, 1.54) is 137 Å². The monoisotopic (exact) mass is 1680 g/mol. The zero-order valence-electron chi connectivity index (χ0n) is 83.3. The van der Waals surface area contributed by atoms with Crippen LogP contribution in [-0.4, -0.2) is 27.4 Å². The summed E-state index contributed by atoms with van der Waals surface area (Å²) in [5.41, 5.74) is 23.1. The number of aromatic nitrogens is 6. The zero-order valence-corrected chi connectivity index (χ0v) is 80.3. The van der Waals surface area contributed by atoms with E-state index in [9.17, 15) is 0 Å². The van der Waals surface area contributed by atoms with Gasteiger partial charge in [0.2, 0.25) is 0 Å². The molecule has 13 aromatic carbocycles. The fourth-order valence-electron chi connectivity index (χ4n) is 17.8. The van der Waals surface area contributed by atoms with Crippen LogP contribution < -0.4 is 0 Å². The molecule has 6 heterocycles. The molecular weight excluding hydrogens is 1540 g/mol. The molecular formula is C119H132N8. The van der Waals surface area contributed by atoms with Gasteiger partial charge >= 0.3 is 0 Å². The molecule has 6 aromatic heterocycles. The predicted molar refractivity (Wildman–Crippen MR) is 552 cm³/mol. The maximum atomic E-state index is 9.15. The highest BCUT2D eigenvalue weighted by Gasteiger charge is 2.29. The van der Waals surface area contributed by atoms with Crippen LogP contribution in [0, 0.1) is 45.8 Å². The third-order valence-corrected chi connectivity index (χ3v) is 23.1. The molecule has 0 aliphatic carbocycles. The van der Waals surface area contributed by atoms with Crippen molar-refractivity contribution in [1.29, 1.82) is 10.5 Å². The maximum absolute atomic E-state index is 9.15. The SMILES string of the molecule is C#Cc1ccc2c(c1)c1cc(C#N)ccc1n2C(C)(C)C.CC(C)(C)C#N.CC(C)(C)c1ccc2c(c1)c1cc(C(C)(C)C)ccc1n2C(C)(C)C.CC(C)(C)n1c2ccccc2c2cc(-n3c4ccccc4c4ccccc43)ccc21.CC(C)(C)n1c2ccccc2c2cccc(-c3ccccc3)c21.CC(C)(C)n1c2ccccc2c2ccccc21.[2H]C([2H])([2H])C(C)(C)C. The van der Waals surface area contributed by atoms with Crippen LogP contribution in [0.4, 0.5) is 0 Å². The maximum Gasteiger partial charge on any atom is 0.0991 e. The number of para-hydroxylation sites is 7. The smallest absolute Gasteiger partial charge is 0.0991 e. The summed E-state index contributed by atoms with van der Waals surface area (Å²) in [5, 5.41) is 32.8. The molecule has 19 aromatic rings. The summed E-state index contributed by atoms with van der Waals surface area (Å²) in [5.74, 6) is 2.69. The minimum absolute atomic E-state index is 0.00964. The molecule has 0 amide bonds. The van der Waals surface area contributed by atoms with Crippen LogP contribution in [0.5, 0.6) is 0 Å². The molecule has 0 spiro atoms. The van der Waals surface area contributed by atoms with Gasteiger partial charge in [-0.25, -0.2) is 0 Å². The molecule has 8 nitrogen and oxygen atoms in total. The molecule has 648 valence electrons. The first kappa shape index (κ1) is 87.7. The number of rotatable bonds is 2. The number of nitriles is 2. The first-order valence-electron chi connectivity index (χ1n) is 46.3. The van der Waals surface area contributed by atoms with Crippen molar-refractivity contribution in [3.8, 4) is 41.3 Å². The molecule has 0 saturated carbocycles. The standard InChI is InChI=1S/C28H24N2.C24H33N.C22H21N.C19H16N2.C16H17N.C5H9N.C5H12/c1-28(2,3)30-26-15-9-6-12-22(26)23-18-19(16-17-27(23)30)29-24-13-7-4-10-20(24)21-11-5-8-14-25(21)29;1-22(2,3)16-10-12-20-18(14-16)19-15-17(23(4,5)6)11-13-21(19)25(20)24(7,8)9;1-22(2,3)23-20-15-8-7-12-18(20)19-14-9-13-17(21(19)23)16-10-5-4-6-11-16;1-5-13-6-8-17-15(10-13)16-11-14(12-20)7-9-18(16)21(17)19(2,3)4;1-16(2,3)17-14-10-6-4-8-12(14)13-9-5-7-11-15(13)17;1-5(2,3)4-6;1-5(2,3)4/h4-18H,1-3H3;10-15H,1-9H3;4-15H,1-3H3;1,6-11H,2-4H3;4-11H,1-3H3;1-3H3;1-4H3/i;;;;;;1D3. The van der Waals surface area contributed by atoms with Gasteiger partial charge in [0.05, 0.1) is 34.3 Å². The van der Waals surface area contributed by atoms with Crippen LogP contribution in [0.15, 0.2) is 285 Å². The zero-order chi connectivity index (χ0) is 94.7. The average molecular weight is 1680 g/mol. The van der Waals surface area contributed by atoms with Crippen molar-refractivity contribution >= 4 is 131 Å². The van der Waals surface area contributed by atoms with Crippen molar-refractivity contribution < 1.29 is 4.11 Å². The van der Waals surface area contributed by atoms with Gasteiger partial charge in [0.25, 0.3) is 0 Å². The van der Waals surface area contributed by atoms with Gasteiger partial charge in [-0.2, -0.15) is 10.5 Å². The largest absolute Gasteiger partial charge is 0.335 e. The molecule has 19 rings (SSSR count). The highest BCUT2D eigenvalue weighted by atomic mass is 15.1. The van der Waals surface area contributed by atoms with Gasteiger partial charge < -0.3 is 27.4 Å². The number of hydrogen-bond acceptors (Lipinski definition) is 2. The van der Waals surface area contributed by atoms with E-state index in [-0.39, 0.29) is 43.9 Å². The highest BCUT2D eigenvalue weighted by Crippen LogP contribution is 2.45.